The van der Waals surface area contributed by atoms with Gasteiger partial charge in [-0.3, -0.25) is 4.79 Å². The minimum atomic E-state index is -4.42. The molecule has 0 aliphatic carbocycles. The number of carbonyl (C=O) groups is 1. The van der Waals surface area contributed by atoms with E-state index in [1.165, 1.54) is 12.5 Å². The molecule has 0 aliphatic rings. The third-order valence-electron chi connectivity index (χ3n) is 2.95. The molecule has 0 spiro atoms. The summed E-state index contributed by atoms with van der Waals surface area (Å²) in [4.78, 5) is 23.6. The highest BCUT2D eigenvalue weighted by Gasteiger charge is 2.29. The van der Waals surface area contributed by atoms with E-state index in [0.29, 0.717) is 16.8 Å². The minimum Gasteiger partial charge on any atom is -0.468 e. The molecule has 2 rings (SSSR count). The van der Waals surface area contributed by atoms with Crippen LogP contribution in [0.1, 0.15) is 48.1 Å². The summed E-state index contributed by atoms with van der Waals surface area (Å²) in [5.74, 6) is -0.468. The van der Waals surface area contributed by atoms with Crippen LogP contribution < -0.4 is 15.8 Å². The van der Waals surface area contributed by atoms with Crippen molar-refractivity contribution in [2.24, 2.45) is 5.73 Å². The van der Waals surface area contributed by atoms with Crippen LogP contribution in [0.15, 0.2) is 24.7 Å². The first-order valence-electron chi connectivity index (χ1n) is 8.75. The number of halogens is 3. The Balaban J connectivity index is 0.000000749. The van der Waals surface area contributed by atoms with Crippen LogP contribution in [0.5, 0.6) is 5.88 Å². The summed E-state index contributed by atoms with van der Waals surface area (Å²) in [6.45, 7) is 7.98. The van der Waals surface area contributed by atoms with Crippen molar-refractivity contribution in [3.8, 4) is 5.88 Å². The summed E-state index contributed by atoms with van der Waals surface area (Å²) >= 11 is 0. The lowest BCUT2D eigenvalue weighted by molar-refractivity contribution is -0.154. The molecule has 1 amide bonds. The number of hydrogen-bond acceptors (Lipinski definition) is 6. The minimum absolute atomic E-state index is 0. The summed E-state index contributed by atoms with van der Waals surface area (Å²) in [6.07, 6.45) is -1.77. The van der Waals surface area contributed by atoms with Gasteiger partial charge in [0.1, 0.15) is 12.0 Å². The maximum atomic E-state index is 12.1. The van der Waals surface area contributed by atoms with Crippen molar-refractivity contribution >= 4 is 5.91 Å². The molecule has 7 nitrogen and oxygen atoms in total. The molecule has 0 fully saturated rings. The van der Waals surface area contributed by atoms with Gasteiger partial charge < -0.3 is 15.8 Å². The molecule has 0 radical (unpaired) electrons. The fourth-order valence-electron chi connectivity index (χ4n) is 1.87. The van der Waals surface area contributed by atoms with E-state index in [2.05, 4.69) is 25.0 Å². The van der Waals surface area contributed by atoms with Crippen molar-refractivity contribution in [3.63, 3.8) is 0 Å². The van der Waals surface area contributed by atoms with Gasteiger partial charge >= 0.3 is 6.18 Å². The first kappa shape index (κ1) is 24.3. The van der Waals surface area contributed by atoms with Crippen LogP contribution in [-0.2, 0) is 6.54 Å². The van der Waals surface area contributed by atoms with Crippen molar-refractivity contribution in [3.05, 3.63) is 47.2 Å². The predicted molar refractivity (Wildman–Crippen MR) is 102 cm³/mol. The zero-order valence-corrected chi connectivity index (χ0v) is 17.1. The van der Waals surface area contributed by atoms with E-state index in [-0.39, 0.29) is 29.6 Å². The van der Waals surface area contributed by atoms with Crippen LogP contribution in [0.3, 0.4) is 0 Å². The molecule has 0 unspecified atom stereocenters. The number of ether oxygens (including phenoxy) is 1. The highest BCUT2D eigenvalue weighted by atomic mass is 19.4. The van der Waals surface area contributed by atoms with Crippen molar-refractivity contribution in [1.29, 1.82) is 0 Å². The number of nitrogens with one attached hydrogen (secondary N) is 1. The SMILES string of the molecule is CC(C)(C)N.Cc1cc(C(=O)NCc2cnc(OCC(F)(F)F)c(C)c2)ncn1. The normalized spacial score (nSPS) is 11.3. The number of nitrogens with zero attached hydrogens (tertiary/aromatic N) is 3. The molecule has 0 bridgehead atoms. The topological polar surface area (TPSA) is 103 Å². The number of carbonyl (C=O) groups excluding carboxylic acids is 1. The highest BCUT2D eigenvalue weighted by molar-refractivity contribution is 5.92. The van der Waals surface area contributed by atoms with Gasteiger partial charge in [-0.05, 0) is 52.3 Å². The molecule has 2 aromatic heterocycles. The van der Waals surface area contributed by atoms with Crippen LogP contribution >= 0.6 is 0 Å². The van der Waals surface area contributed by atoms with E-state index in [4.69, 9.17) is 5.73 Å². The molecular formula is C19H26F3N5O2. The molecule has 0 saturated carbocycles. The first-order chi connectivity index (χ1) is 13.2. The van der Waals surface area contributed by atoms with Gasteiger partial charge in [0.25, 0.3) is 5.91 Å². The Labute approximate surface area is 167 Å². The summed E-state index contributed by atoms with van der Waals surface area (Å²) in [7, 11) is 0. The van der Waals surface area contributed by atoms with Gasteiger partial charge in [0.2, 0.25) is 5.88 Å². The molecular weight excluding hydrogens is 387 g/mol. The Morgan fingerprint density at radius 3 is 2.28 bits per heavy atom. The third kappa shape index (κ3) is 11.0. The summed E-state index contributed by atoms with van der Waals surface area (Å²) < 4.78 is 41.0. The van der Waals surface area contributed by atoms with Gasteiger partial charge in [-0.2, -0.15) is 13.2 Å². The maximum absolute atomic E-state index is 12.1. The smallest absolute Gasteiger partial charge is 0.422 e. The van der Waals surface area contributed by atoms with E-state index in [1.54, 1.807) is 26.0 Å². The number of hydrogen-bond donors (Lipinski definition) is 2. The lowest BCUT2D eigenvalue weighted by atomic mass is 10.1. The second-order valence-electron chi connectivity index (χ2n) is 7.46. The number of alkyl halides is 3. The van der Waals surface area contributed by atoms with Crippen LogP contribution in [0, 0.1) is 13.8 Å². The number of aryl methyl sites for hydroxylation is 2. The largest absolute Gasteiger partial charge is 0.468 e. The van der Waals surface area contributed by atoms with E-state index in [0.717, 1.165) is 0 Å². The van der Waals surface area contributed by atoms with Gasteiger partial charge in [0.15, 0.2) is 6.61 Å². The Morgan fingerprint density at radius 1 is 1.14 bits per heavy atom. The van der Waals surface area contributed by atoms with E-state index in [1.807, 2.05) is 20.8 Å². The van der Waals surface area contributed by atoms with Gasteiger partial charge in [0, 0.05) is 29.5 Å². The molecule has 160 valence electrons. The summed E-state index contributed by atoms with van der Waals surface area (Å²) in [5.41, 5.74) is 7.33. The van der Waals surface area contributed by atoms with Crippen LogP contribution in [-0.4, -0.2) is 39.2 Å². The van der Waals surface area contributed by atoms with E-state index >= 15 is 0 Å². The molecule has 0 aromatic carbocycles. The molecule has 10 heteroatoms. The number of pyridine rings is 1. The zero-order chi connectivity index (χ0) is 22.2. The molecule has 0 aliphatic heterocycles. The molecule has 2 aromatic rings. The number of rotatable bonds is 5. The second-order valence-corrected chi connectivity index (χ2v) is 7.46. The Hall–Kier alpha value is -2.75. The Kier molecular flexibility index (Phi) is 8.50. The van der Waals surface area contributed by atoms with Crippen LogP contribution in [0.2, 0.25) is 0 Å². The Bertz CT molecular complexity index is 814. The lowest BCUT2D eigenvalue weighted by Gasteiger charge is -2.11. The zero-order valence-electron chi connectivity index (χ0n) is 17.1. The quantitative estimate of drug-likeness (QED) is 0.781. The van der Waals surface area contributed by atoms with Gasteiger partial charge in [-0.15, -0.1) is 0 Å². The third-order valence-corrected chi connectivity index (χ3v) is 2.95. The van der Waals surface area contributed by atoms with E-state index < -0.39 is 12.8 Å². The van der Waals surface area contributed by atoms with Gasteiger partial charge in [-0.1, -0.05) is 0 Å². The van der Waals surface area contributed by atoms with Crippen molar-refractivity contribution in [1.82, 2.24) is 20.3 Å². The highest BCUT2D eigenvalue weighted by Crippen LogP contribution is 2.20. The van der Waals surface area contributed by atoms with Gasteiger partial charge in [-0.25, -0.2) is 15.0 Å². The number of amides is 1. The fourth-order valence-corrected chi connectivity index (χ4v) is 1.87. The van der Waals surface area contributed by atoms with Gasteiger partial charge in [0.05, 0.1) is 0 Å². The standard InChI is InChI=1S/C15H15F3N4O2.C4H11N/c1-9-3-11(6-20-14(9)24-7-15(16,17)18)5-19-13(23)12-4-10(2)21-8-22-12;1-4(2,3)5/h3-4,6,8H,5,7H2,1-2H3,(H,19,23);5H2,1-3H3. The maximum Gasteiger partial charge on any atom is 0.422 e. The monoisotopic (exact) mass is 413 g/mol. The first-order valence-corrected chi connectivity index (χ1v) is 8.75. The number of nitrogens with two attached hydrogens (primary N) is 1. The molecule has 29 heavy (non-hydrogen) atoms. The average molecular weight is 413 g/mol. The summed E-state index contributed by atoms with van der Waals surface area (Å²) in [5, 5.41) is 2.66. The molecule has 0 atom stereocenters. The molecule has 0 saturated heterocycles. The van der Waals surface area contributed by atoms with Crippen molar-refractivity contribution in [2.45, 2.75) is 52.9 Å². The second kappa shape index (κ2) is 10.1. The van der Waals surface area contributed by atoms with Crippen LogP contribution in [0.4, 0.5) is 13.2 Å². The van der Waals surface area contributed by atoms with Crippen LogP contribution in [0.25, 0.3) is 0 Å². The fraction of sp³-hybridized carbons (Fsp3) is 0.474. The van der Waals surface area contributed by atoms with E-state index in [9.17, 15) is 18.0 Å². The lowest BCUT2D eigenvalue weighted by Crippen LogP contribution is -2.26. The van der Waals surface area contributed by atoms with Crippen molar-refractivity contribution < 1.29 is 22.7 Å². The summed E-state index contributed by atoms with van der Waals surface area (Å²) in [6, 6.07) is 3.15. The average Bonchev–Trinajstić information content (AvgIpc) is 2.56. The Morgan fingerprint density at radius 2 is 1.76 bits per heavy atom. The van der Waals surface area contributed by atoms with Crippen molar-refractivity contribution in [2.75, 3.05) is 6.61 Å². The predicted octanol–water partition coefficient (Wildman–Crippen LogP) is 3.10. The molecule has 2 heterocycles. The number of aromatic nitrogens is 3. The molecule has 3 N–H and O–H groups in total.